The minimum absolute atomic E-state index is 0.177. The van der Waals surface area contributed by atoms with Crippen LogP contribution in [0.1, 0.15) is 24.2 Å². The highest BCUT2D eigenvalue weighted by molar-refractivity contribution is 7.99. The molecule has 0 saturated heterocycles. The van der Waals surface area contributed by atoms with E-state index in [2.05, 4.69) is 48.4 Å². The van der Waals surface area contributed by atoms with Gasteiger partial charge in [0.1, 0.15) is 5.75 Å². The number of rotatable bonds is 7. The molecule has 0 bridgehead atoms. The van der Waals surface area contributed by atoms with Gasteiger partial charge in [0, 0.05) is 16.8 Å². The summed E-state index contributed by atoms with van der Waals surface area (Å²) in [6.45, 7) is 5.16. The molecule has 3 nitrogen and oxygen atoms in total. The van der Waals surface area contributed by atoms with E-state index in [0.717, 1.165) is 23.7 Å². The Kier molecular flexibility index (Phi) is 6.08. The summed E-state index contributed by atoms with van der Waals surface area (Å²) in [5.74, 6) is 1.76. The van der Waals surface area contributed by atoms with Gasteiger partial charge < -0.3 is 10.1 Å². The third-order valence-corrected chi connectivity index (χ3v) is 4.57. The molecule has 1 N–H and O–H groups in total. The van der Waals surface area contributed by atoms with Gasteiger partial charge in [0.05, 0.1) is 18.8 Å². The van der Waals surface area contributed by atoms with Crippen molar-refractivity contribution in [3.63, 3.8) is 0 Å². The molecule has 2 aromatic rings. The Morgan fingerprint density at radius 3 is 2.76 bits per heavy atom. The molecule has 0 fully saturated rings. The molecule has 0 aliphatic heterocycles. The summed E-state index contributed by atoms with van der Waals surface area (Å²) in [5.41, 5.74) is 2.29. The van der Waals surface area contributed by atoms with Crippen LogP contribution in [0.15, 0.2) is 47.5 Å². The predicted molar refractivity (Wildman–Crippen MR) is 89.1 cm³/mol. The minimum atomic E-state index is 0.177. The van der Waals surface area contributed by atoms with E-state index < -0.39 is 0 Å². The molecule has 0 aliphatic rings. The van der Waals surface area contributed by atoms with E-state index in [0.29, 0.717) is 0 Å². The van der Waals surface area contributed by atoms with Crippen LogP contribution in [-0.4, -0.2) is 24.4 Å². The predicted octanol–water partition coefficient (Wildman–Crippen LogP) is 3.84. The molecular weight excluding hydrogens is 280 g/mol. The summed E-state index contributed by atoms with van der Waals surface area (Å²) < 4.78 is 5.44. The topological polar surface area (TPSA) is 34.2 Å². The standard InChI is InChI=1S/C17H22N2OS/c1-4-18-14(17-15(20-3)9-7-11-19-17)12-21-16-10-6-5-8-13(16)2/h5-11,14,18H,4,12H2,1-3H3. The number of nitrogens with one attached hydrogen (secondary N) is 1. The monoisotopic (exact) mass is 302 g/mol. The average molecular weight is 302 g/mol. The average Bonchev–Trinajstić information content (AvgIpc) is 2.53. The van der Waals surface area contributed by atoms with Gasteiger partial charge in [-0.2, -0.15) is 0 Å². The van der Waals surface area contributed by atoms with E-state index in [1.54, 1.807) is 7.11 Å². The number of aryl methyl sites for hydroxylation is 1. The smallest absolute Gasteiger partial charge is 0.142 e. The molecule has 2 rings (SSSR count). The van der Waals surface area contributed by atoms with E-state index in [1.807, 2.05) is 30.1 Å². The molecule has 0 saturated carbocycles. The first kappa shape index (κ1) is 15.9. The van der Waals surface area contributed by atoms with Crippen LogP contribution in [0.25, 0.3) is 0 Å². The zero-order valence-electron chi connectivity index (χ0n) is 12.8. The minimum Gasteiger partial charge on any atom is -0.495 e. The van der Waals surface area contributed by atoms with Gasteiger partial charge in [-0.1, -0.05) is 25.1 Å². The van der Waals surface area contributed by atoms with Gasteiger partial charge in [-0.3, -0.25) is 4.98 Å². The van der Waals surface area contributed by atoms with Crippen LogP contribution in [0, 0.1) is 6.92 Å². The lowest BCUT2D eigenvalue weighted by molar-refractivity contribution is 0.398. The van der Waals surface area contributed by atoms with Crippen LogP contribution in [0.3, 0.4) is 0 Å². The number of ether oxygens (including phenoxy) is 1. The number of hydrogen-bond acceptors (Lipinski definition) is 4. The maximum absolute atomic E-state index is 5.44. The maximum atomic E-state index is 5.44. The van der Waals surface area contributed by atoms with Crippen molar-refractivity contribution in [1.29, 1.82) is 0 Å². The van der Waals surface area contributed by atoms with Crippen molar-refractivity contribution in [3.8, 4) is 5.75 Å². The highest BCUT2D eigenvalue weighted by Gasteiger charge is 2.17. The molecular formula is C17H22N2OS. The summed E-state index contributed by atoms with van der Waals surface area (Å²) in [4.78, 5) is 5.82. The summed E-state index contributed by atoms with van der Waals surface area (Å²) >= 11 is 1.85. The third-order valence-electron chi connectivity index (χ3n) is 3.30. The molecule has 0 amide bonds. The van der Waals surface area contributed by atoms with Crippen LogP contribution in [0.5, 0.6) is 5.75 Å². The normalized spacial score (nSPS) is 12.1. The zero-order valence-corrected chi connectivity index (χ0v) is 13.6. The third kappa shape index (κ3) is 4.22. The number of nitrogens with zero attached hydrogens (tertiary/aromatic N) is 1. The molecule has 21 heavy (non-hydrogen) atoms. The quantitative estimate of drug-likeness (QED) is 0.788. The Hall–Kier alpha value is -1.52. The summed E-state index contributed by atoms with van der Waals surface area (Å²) in [6.07, 6.45) is 1.82. The van der Waals surface area contributed by atoms with E-state index in [-0.39, 0.29) is 6.04 Å². The second kappa shape index (κ2) is 8.05. The SMILES string of the molecule is CCNC(CSc1ccccc1C)c1ncccc1OC. The fourth-order valence-electron chi connectivity index (χ4n) is 2.21. The van der Waals surface area contributed by atoms with Gasteiger partial charge in [0.25, 0.3) is 0 Å². The molecule has 1 aromatic carbocycles. The van der Waals surface area contributed by atoms with Gasteiger partial charge in [-0.15, -0.1) is 11.8 Å². The van der Waals surface area contributed by atoms with Gasteiger partial charge in [-0.05, 0) is 37.2 Å². The van der Waals surface area contributed by atoms with Crippen LogP contribution >= 0.6 is 11.8 Å². The lowest BCUT2D eigenvalue weighted by Gasteiger charge is -2.19. The van der Waals surface area contributed by atoms with Crippen molar-refractivity contribution in [1.82, 2.24) is 10.3 Å². The van der Waals surface area contributed by atoms with Crippen molar-refractivity contribution >= 4 is 11.8 Å². The lowest BCUT2D eigenvalue weighted by atomic mass is 10.2. The second-order valence-electron chi connectivity index (χ2n) is 4.78. The van der Waals surface area contributed by atoms with Crippen LogP contribution in [0.4, 0.5) is 0 Å². The first-order chi connectivity index (χ1) is 10.3. The highest BCUT2D eigenvalue weighted by Crippen LogP contribution is 2.29. The molecule has 1 heterocycles. The molecule has 1 atom stereocenters. The van der Waals surface area contributed by atoms with Crippen molar-refractivity contribution in [2.75, 3.05) is 19.4 Å². The molecule has 0 spiro atoms. The second-order valence-corrected chi connectivity index (χ2v) is 5.84. The number of methoxy groups -OCH3 is 1. The van der Waals surface area contributed by atoms with E-state index in [1.165, 1.54) is 10.5 Å². The first-order valence-corrected chi connectivity index (χ1v) is 8.15. The number of aromatic nitrogens is 1. The maximum Gasteiger partial charge on any atom is 0.142 e. The largest absolute Gasteiger partial charge is 0.495 e. The van der Waals surface area contributed by atoms with Gasteiger partial charge in [0.15, 0.2) is 0 Å². The summed E-state index contributed by atoms with van der Waals surface area (Å²) in [6, 6.07) is 12.5. The number of thioether (sulfide) groups is 1. The molecule has 4 heteroatoms. The molecule has 0 aliphatic carbocycles. The van der Waals surface area contributed by atoms with E-state index in [9.17, 15) is 0 Å². The Morgan fingerprint density at radius 2 is 2.05 bits per heavy atom. The highest BCUT2D eigenvalue weighted by atomic mass is 32.2. The Balaban J connectivity index is 2.14. The van der Waals surface area contributed by atoms with Gasteiger partial charge in [-0.25, -0.2) is 0 Å². The summed E-state index contributed by atoms with van der Waals surface area (Å²) in [7, 11) is 1.69. The van der Waals surface area contributed by atoms with Crippen LogP contribution in [0.2, 0.25) is 0 Å². The Morgan fingerprint density at radius 1 is 1.24 bits per heavy atom. The zero-order chi connectivity index (χ0) is 15.1. The molecule has 1 unspecified atom stereocenters. The van der Waals surface area contributed by atoms with Crippen molar-refractivity contribution in [2.24, 2.45) is 0 Å². The number of hydrogen-bond donors (Lipinski definition) is 1. The van der Waals surface area contributed by atoms with Crippen molar-refractivity contribution < 1.29 is 4.74 Å². The Bertz CT molecular complexity index is 574. The molecule has 112 valence electrons. The fourth-order valence-corrected chi connectivity index (χ4v) is 3.30. The summed E-state index contributed by atoms with van der Waals surface area (Å²) in [5, 5.41) is 3.50. The van der Waals surface area contributed by atoms with Gasteiger partial charge >= 0.3 is 0 Å². The van der Waals surface area contributed by atoms with Crippen LogP contribution < -0.4 is 10.1 Å². The lowest BCUT2D eigenvalue weighted by Crippen LogP contribution is -2.24. The Labute approximate surface area is 131 Å². The first-order valence-electron chi connectivity index (χ1n) is 7.17. The molecule has 0 radical (unpaired) electrons. The molecule has 1 aromatic heterocycles. The van der Waals surface area contributed by atoms with Gasteiger partial charge in [0.2, 0.25) is 0 Å². The van der Waals surface area contributed by atoms with Crippen molar-refractivity contribution in [2.45, 2.75) is 24.8 Å². The van der Waals surface area contributed by atoms with Crippen molar-refractivity contribution in [3.05, 3.63) is 53.9 Å². The van der Waals surface area contributed by atoms with E-state index >= 15 is 0 Å². The number of benzene rings is 1. The number of pyridine rings is 1. The van der Waals surface area contributed by atoms with Crippen LogP contribution in [-0.2, 0) is 0 Å². The van der Waals surface area contributed by atoms with E-state index in [4.69, 9.17) is 4.74 Å². The fraction of sp³-hybridized carbons (Fsp3) is 0.353.